The van der Waals surface area contributed by atoms with E-state index < -0.39 is 0 Å². The molecular weight excluding hydrogens is 244 g/mol. The molecule has 2 aromatic rings. The molecule has 0 saturated carbocycles. The lowest BCUT2D eigenvalue weighted by molar-refractivity contribution is 0.411. The van der Waals surface area contributed by atoms with Gasteiger partial charge in [-0.15, -0.1) is 0 Å². The molecule has 0 aliphatic carbocycles. The SMILES string of the molecule is Cc1c(N)nc(C(C)(C)C)nc1NCc1ncon1. The fourth-order valence-corrected chi connectivity index (χ4v) is 1.47. The molecule has 0 aliphatic rings. The molecule has 102 valence electrons. The molecule has 3 N–H and O–H groups in total. The molecule has 0 fully saturated rings. The molecule has 7 heteroatoms. The highest BCUT2D eigenvalue weighted by Crippen LogP contribution is 2.24. The molecule has 0 radical (unpaired) electrons. The maximum atomic E-state index is 5.93. The first-order valence-electron chi connectivity index (χ1n) is 6.01. The lowest BCUT2D eigenvalue weighted by Crippen LogP contribution is -2.19. The number of aromatic nitrogens is 4. The number of nitrogen functional groups attached to an aromatic ring is 1. The number of rotatable bonds is 3. The van der Waals surface area contributed by atoms with E-state index >= 15 is 0 Å². The van der Waals surface area contributed by atoms with E-state index in [0.717, 1.165) is 5.56 Å². The second-order valence-electron chi connectivity index (χ2n) is 5.36. The first-order chi connectivity index (χ1) is 8.88. The van der Waals surface area contributed by atoms with Crippen LogP contribution in [0.15, 0.2) is 10.9 Å². The summed E-state index contributed by atoms with van der Waals surface area (Å²) in [6, 6.07) is 0. The normalized spacial score (nSPS) is 11.6. The Hall–Kier alpha value is -2.18. The Labute approximate surface area is 111 Å². The molecule has 2 aromatic heterocycles. The Morgan fingerprint density at radius 2 is 2.05 bits per heavy atom. The topological polar surface area (TPSA) is 103 Å². The van der Waals surface area contributed by atoms with E-state index in [0.29, 0.717) is 29.8 Å². The minimum absolute atomic E-state index is 0.162. The van der Waals surface area contributed by atoms with Crippen molar-refractivity contribution in [3.8, 4) is 0 Å². The standard InChI is InChI=1S/C12H18N6O/c1-7-9(13)16-11(12(2,3)4)17-10(7)14-5-8-15-6-19-18-8/h6H,5H2,1-4H3,(H3,13,14,16,17). The Kier molecular flexibility index (Phi) is 3.37. The maximum Gasteiger partial charge on any atom is 0.213 e. The summed E-state index contributed by atoms with van der Waals surface area (Å²) in [6.45, 7) is 8.43. The van der Waals surface area contributed by atoms with Gasteiger partial charge < -0.3 is 15.6 Å². The van der Waals surface area contributed by atoms with Crippen LogP contribution in [-0.4, -0.2) is 20.1 Å². The summed E-state index contributed by atoms with van der Waals surface area (Å²) >= 11 is 0. The molecule has 0 spiro atoms. The molecule has 2 heterocycles. The van der Waals surface area contributed by atoms with Crippen LogP contribution in [-0.2, 0) is 12.0 Å². The van der Waals surface area contributed by atoms with Crippen molar-refractivity contribution in [1.29, 1.82) is 0 Å². The number of anilines is 2. The van der Waals surface area contributed by atoms with Crippen LogP contribution in [0.1, 0.15) is 38.0 Å². The van der Waals surface area contributed by atoms with Crippen molar-refractivity contribution in [2.24, 2.45) is 0 Å². The van der Waals surface area contributed by atoms with Gasteiger partial charge in [0, 0.05) is 11.0 Å². The van der Waals surface area contributed by atoms with Crippen LogP contribution in [0, 0.1) is 6.92 Å². The highest BCUT2D eigenvalue weighted by molar-refractivity contribution is 5.55. The molecule has 19 heavy (non-hydrogen) atoms. The van der Waals surface area contributed by atoms with E-state index in [9.17, 15) is 0 Å². The summed E-state index contributed by atoms with van der Waals surface area (Å²) in [7, 11) is 0. The average molecular weight is 262 g/mol. The van der Waals surface area contributed by atoms with Gasteiger partial charge >= 0.3 is 0 Å². The second-order valence-corrected chi connectivity index (χ2v) is 5.36. The van der Waals surface area contributed by atoms with Crippen LogP contribution in [0.4, 0.5) is 11.6 Å². The molecule has 0 unspecified atom stereocenters. The monoisotopic (exact) mass is 262 g/mol. The van der Waals surface area contributed by atoms with Crippen molar-refractivity contribution in [2.45, 2.75) is 39.7 Å². The summed E-state index contributed by atoms with van der Waals surface area (Å²) < 4.78 is 4.68. The zero-order chi connectivity index (χ0) is 14.0. The van der Waals surface area contributed by atoms with Crippen LogP contribution in [0.3, 0.4) is 0 Å². The lowest BCUT2D eigenvalue weighted by Gasteiger charge is -2.19. The van der Waals surface area contributed by atoms with Gasteiger partial charge in [-0.3, -0.25) is 0 Å². The van der Waals surface area contributed by atoms with Crippen molar-refractivity contribution in [1.82, 2.24) is 20.1 Å². The molecule has 0 aromatic carbocycles. The minimum Gasteiger partial charge on any atom is -0.383 e. The quantitative estimate of drug-likeness (QED) is 0.866. The maximum absolute atomic E-state index is 5.93. The molecule has 7 nitrogen and oxygen atoms in total. The van der Waals surface area contributed by atoms with Crippen LogP contribution in [0.5, 0.6) is 0 Å². The predicted octanol–water partition coefficient (Wildman–Crippen LogP) is 1.66. The third kappa shape index (κ3) is 2.98. The highest BCUT2D eigenvalue weighted by atomic mass is 16.5. The summed E-state index contributed by atoms with van der Waals surface area (Å²) in [6.07, 6.45) is 1.29. The largest absolute Gasteiger partial charge is 0.383 e. The number of nitrogens with one attached hydrogen (secondary N) is 1. The lowest BCUT2D eigenvalue weighted by atomic mass is 9.95. The molecule has 0 saturated heterocycles. The number of nitrogens with two attached hydrogens (primary N) is 1. The Morgan fingerprint density at radius 3 is 2.63 bits per heavy atom. The van der Waals surface area contributed by atoms with Crippen LogP contribution < -0.4 is 11.1 Å². The summed E-state index contributed by atoms with van der Waals surface area (Å²) in [4.78, 5) is 12.8. The predicted molar refractivity (Wildman–Crippen MR) is 71.5 cm³/mol. The first kappa shape index (κ1) is 13.3. The van der Waals surface area contributed by atoms with E-state index in [4.69, 9.17) is 5.73 Å². The first-order valence-corrected chi connectivity index (χ1v) is 6.01. The number of hydrogen-bond acceptors (Lipinski definition) is 7. The summed E-state index contributed by atoms with van der Waals surface area (Å²) in [5, 5.41) is 6.88. The van der Waals surface area contributed by atoms with Gasteiger partial charge in [-0.1, -0.05) is 25.9 Å². The van der Waals surface area contributed by atoms with Gasteiger partial charge in [0.1, 0.15) is 17.5 Å². The van der Waals surface area contributed by atoms with Crippen molar-refractivity contribution in [2.75, 3.05) is 11.1 Å². The summed E-state index contributed by atoms with van der Waals surface area (Å²) in [5.74, 6) is 2.44. The average Bonchev–Trinajstić information content (AvgIpc) is 2.82. The van der Waals surface area contributed by atoms with E-state index in [2.05, 4.69) is 29.9 Å². The third-order valence-electron chi connectivity index (χ3n) is 2.68. The smallest absolute Gasteiger partial charge is 0.213 e. The zero-order valence-electron chi connectivity index (χ0n) is 11.6. The van der Waals surface area contributed by atoms with Gasteiger partial charge in [0.2, 0.25) is 6.39 Å². The van der Waals surface area contributed by atoms with E-state index in [1.54, 1.807) is 0 Å². The van der Waals surface area contributed by atoms with Gasteiger partial charge in [0.25, 0.3) is 0 Å². The fraction of sp³-hybridized carbons (Fsp3) is 0.500. The Balaban J connectivity index is 2.26. The van der Waals surface area contributed by atoms with Gasteiger partial charge in [-0.2, -0.15) is 4.98 Å². The highest BCUT2D eigenvalue weighted by Gasteiger charge is 2.20. The second kappa shape index (κ2) is 4.83. The van der Waals surface area contributed by atoms with Crippen LogP contribution >= 0.6 is 0 Å². The molecule has 0 bridgehead atoms. The van der Waals surface area contributed by atoms with Crippen molar-refractivity contribution in [3.05, 3.63) is 23.6 Å². The molecule has 2 rings (SSSR count). The van der Waals surface area contributed by atoms with Gasteiger partial charge in [-0.25, -0.2) is 9.97 Å². The van der Waals surface area contributed by atoms with Gasteiger partial charge in [-0.05, 0) is 6.92 Å². The fourth-order valence-electron chi connectivity index (χ4n) is 1.47. The van der Waals surface area contributed by atoms with E-state index in [1.165, 1.54) is 6.39 Å². The Morgan fingerprint density at radius 1 is 1.32 bits per heavy atom. The van der Waals surface area contributed by atoms with Crippen molar-refractivity contribution < 1.29 is 4.52 Å². The third-order valence-corrected chi connectivity index (χ3v) is 2.68. The van der Waals surface area contributed by atoms with E-state index in [1.807, 2.05) is 27.7 Å². The van der Waals surface area contributed by atoms with Crippen LogP contribution in [0.2, 0.25) is 0 Å². The molecule has 0 amide bonds. The van der Waals surface area contributed by atoms with Crippen LogP contribution in [0.25, 0.3) is 0 Å². The number of nitrogens with zero attached hydrogens (tertiary/aromatic N) is 4. The van der Waals surface area contributed by atoms with Crippen molar-refractivity contribution in [3.63, 3.8) is 0 Å². The van der Waals surface area contributed by atoms with E-state index in [-0.39, 0.29) is 5.41 Å². The molecule has 0 aliphatic heterocycles. The van der Waals surface area contributed by atoms with Gasteiger partial charge in [0.05, 0.1) is 6.54 Å². The summed E-state index contributed by atoms with van der Waals surface area (Å²) in [5.41, 5.74) is 6.58. The molecular formula is C12H18N6O. The van der Waals surface area contributed by atoms with Crippen molar-refractivity contribution >= 4 is 11.6 Å². The molecule has 0 atom stereocenters. The zero-order valence-corrected chi connectivity index (χ0v) is 11.6. The number of hydrogen-bond donors (Lipinski definition) is 2. The Bertz CT molecular complexity index is 558. The minimum atomic E-state index is -0.162. The van der Waals surface area contributed by atoms with Gasteiger partial charge in [0.15, 0.2) is 5.82 Å².